The quantitative estimate of drug-likeness (QED) is 0.634. The van der Waals surface area contributed by atoms with Gasteiger partial charge < -0.3 is 9.80 Å². The maximum atomic E-state index is 11.7. The van der Waals surface area contributed by atoms with Crippen LogP contribution in [0.3, 0.4) is 0 Å². The summed E-state index contributed by atoms with van der Waals surface area (Å²) in [6, 6.07) is 0. The van der Waals surface area contributed by atoms with Gasteiger partial charge in [0.1, 0.15) is 0 Å². The number of rotatable bonds is 7. The van der Waals surface area contributed by atoms with E-state index in [0.717, 1.165) is 19.4 Å². The third-order valence-electron chi connectivity index (χ3n) is 3.05. The SMILES string of the molecule is CN(C)CCCCN1CC(CS(N)(=O)=O)CC1=O. The number of primary sulfonamides is 1. The van der Waals surface area contributed by atoms with Gasteiger partial charge in [0.05, 0.1) is 5.75 Å². The van der Waals surface area contributed by atoms with Crippen LogP contribution in [0.1, 0.15) is 19.3 Å². The molecule has 0 aromatic rings. The van der Waals surface area contributed by atoms with Crippen LogP contribution in [-0.2, 0) is 14.8 Å². The minimum atomic E-state index is -3.48. The Morgan fingerprint density at radius 2 is 2.06 bits per heavy atom. The molecule has 2 N–H and O–H groups in total. The second-order valence-corrected chi connectivity index (χ2v) is 6.91. The number of likely N-dealkylation sites (tertiary alicyclic amines) is 1. The van der Waals surface area contributed by atoms with E-state index in [1.807, 2.05) is 14.1 Å². The van der Waals surface area contributed by atoms with Crippen molar-refractivity contribution in [3.63, 3.8) is 0 Å². The van der Waals surface area contributed by atoms with Crippen molar-refractivity contribution < 1.29 is 13.2 Å². The van der Waals surface area contributed by atoms with Gasteiger partial charge in [-0.3, -0.25) is 4.79 Å². The lowest BCUT2D eigenvalue weighted by Crippen LogP contribution is -2.29. The Hall–Kier alpha value is -0.660. The molecule has 7 heteroatoms. The average molecular weight is 277 g/mol. The molecule has 1 unspecified atom stereocenters. The summed E-state index contributed by atoms with van der Waals surface area (Å²) in [6.07, 6.45) is 2.30. The van der Waals surface area contributed by atoms with Crippen LogP contribution in [0, 0.1) is 5.92 Å². The van der Waals surface area contributed by atoms with E-state index < -0.39 is 10.0 Å². The van der Waals surface area contributed by atoms with Crippen LogP contribution >= 0.6 is 0 Å². The number of hydrogen-bond acceptors (Lipinski definition) is 4. The molecule has 0 aromatic heterocycles. The van der Waals surface area contributed by atoms with Crippen molar-refractivity contribution in [2.75, 3.05) is 39.5 Å². The normalized spacial score (nSPS) is 21.0. The van der Waals surface area contributed by atoms with Crippen LogP contribution in [0.2, 0.25) is 0 Å². The maximum Gasteiger partial charge on any atom is 0.222 e. The van der Waals surface area contributed by atoms with Crippen LogP contribution in [0.25, 0.3) is 0 Å². The van der Waals surface area contributed by atoms with Crippen molar-refractivity contribution in [3.05, 3.63) is 0 Å². The molecule has 0 spiro atoms. The summed E-state index contributed by atoms with van der Waals surface area (Å²) in [7, 11) is 0.558. The summed E-state index contributed by atoms with van der Waals surface area (Å²) in [5, 5.41) is 5.00. The number of nitrogens with two attached hydrogens (primary N) is 1. The Balaban J connectivity index is 2.29. The lowest BCUT2D eigenvalue weighted by atomic mass is 10.1. The first-order valence-electron chi connectivity index (χ1n) is 6.21. The van der Waals surface area contributed by atoms with Crippen molar-refractivity contribution in [2.24, 2.45) is 11.1 Å². The third-order valence-corrected chi connectivity index (χ3v) is 3.98. The highest BCUT2D eigenvalue weighted by Crippen LogP contribution is 2.19. The van der Waals surface area contributed by atoms with Crippen molar-refractivity contribution in [1.82, 2.24) is 9.80 Å². The van der Waals surface area contributed by atoms with E-state index >= 15 is 0 Å². The Bertz CT molecular complexity index is 381. The number of hydrogen-bond donors (Lipinski definition) is 1. The van der Waals surface area contributed by atoms with Gasteiger partial charge in [-0.25, -0.2) is 13.6 Å². The molecule has 18 heavy (non-hydrogen) atoms. The zero-order valence-electron chi connectivity index (χ0n) is 11.1. The van der Waals surface area contributed by atoms with Gasteiger partial charge >= 0.3 is 0 Å². The van der Waals surface area contributed by atoms with Crippen molar-refractivity contribution >= 4 is 15.9 Å². The number of amides is 1. The highest BCUT2D eigenvalue weighted by Gasteiger charge is 2.31. The molecule has 1 saturated heterocycles. The van der Waals surface area contributed by atoms with E-state index in [0.29, 0.717) is 19.5 Å². The zero-order valence-corrected chi connectivity index (χ0v) is 11.9. The summed E-state index contributed by atoms with van der Waals surface area (Å²) in [5.74, 6) is -0.178. The van der Waals surface area contributed by atoms with Crippen LogP contribution in [0.15, 0.2) is 0 Å². The summed E-state index contributed by atoms with van der Waals surface area (Å²) in [4.78, 5) is 15.5. The highest BCUT2D eigenvalue weighted by atomic mass is 32.2. The second-order valence-electron chi connectivity index (χ2n) is 5.25. The highest BCUT2D eigenvalue weighted by molar-refractivity contribution is 7.89. The Morgan fingerprint density at radius 3 is 2.61 bits per heavy atom. The number of carbonyl (C=O) groups excluding carboxylic acids is 1. The van der Waals surface area contributed by atoms with E-state index in [2.05, 4.69) is 4.90 Å². The molecule has 1 amide bonds. The van der Waals surface area contributed by atoms with Gasteiger partial charge in [-0.1, -0.05) is 0 Å². The number of carbonyl (C=O) groups is 1. The molecule has 0 bridgehead atoms. The average Bonchev–Trinajstić information content (AvgIpc) is 2.50. The largest absolute Gasteiger partial charge is 0.342 e. The van der Waals surface area contributed by atoms with E-state index in [9.17, 15) is 13.2 Å². The molecule has 1 rings (SSSR count). The molecule has 1 atom stereocenters. The molecule has 106 valence electrons. The van der Waals surface area contributed by atoms with Gasteiger partial charge in [0.25, 0.3) is 0 Å². The number of nitrogens with zero attached hydrogens (tertiary/aromatic N) is 2. The van der Waals surface area contributed by atoms with Crippen LogP contribution < -0.4 is 5.14 Å². The topological polar surface area (TPSA) is 83.7 Å². The van der Waals surface area contributed by atoms with Crippen LogP contribution in [-0.4, -0.2) is 63.6 Å². The molecular weight excluding hydrogens is 254 g/mol. The number of unbranched alkanes of at least 4 members (excludes halogenated alkanes) is 1. The van der Waals surface area contributed by atoms with Gasteiger partial charge in [0.15, 0.2) is 0 Å². The minimum absolute atomic E-state index is 0.0495. The van der Waals surface area contributed by atoms with Crippen molar-refractivity contribution in [2.45, 2.75) is 19.3 Å². The van der Waals surface area contributed by atoms with Gasteiger partial charge in [-0.2, -0.15) is 0 Å². The maximum absolute atomic E-state index is 11.7. The van der Waals surface area contributed by atoms with E-state index in [4.69, 9.17) is 5.14 Å². The molecule has 1 heterocycles. The smallest absolute Gasteiger partial charge is 0.222 e. The first kappa shape index (κ1) is 15.4. The lowest BCUT2D eigenvalue weighted by molar-refractivity contribution is -0.127. The minimum Gasteiger partial charge on any atom is -0.342 e. The fraction of sp³-hybridized carbons (Fsp3) is 0.909. The van der Waals surface area contributed by atoms with Gasteiger partial charge in [-0.15, -0.1) is 0 Å². The van der Waals surface area contributed by atoms with Gasteiger partial charge in [0.2, 0.25) is 15.9 Å². The third kappa shape index (κ3) is 5.79. The lowest BCUT2D eigenvalue weighted by Gasteiger charge is -2.17. The van der Waals surface area contributed by atoms with Crippen LogP contribution in [0.4, 0.5) is 0 Å². The van der Waals surface area contributed by atoms with Crippen molar-refractivity contribution in [1.29, 1.82) is 0 Å². The van der Waals surface area contributed by atoms with E-state index in [1.165, 1.54) is 0 Å². The predicted octanol–water partition coefficient (Wildman–Crippen LogP) is -0.535. The Labute approximate surface area is 109 Å². The summed E-state index contributed by atoms with van der Waals surface area (Å²) in [5.41, 5.74) is 0. The van der Waals surface area contributed by atoms with Gasteiger partial charge in [-0.05, 0) is 33.5 Å². The number of sulfonamides is 1. The fourth-order valence-electron chi connectivity index (χ4n) is 2.24. The van der Waals surface area contributed by atoms with Crippen molar-refractivity contribution in [3.8, 4) is 0 Å². The zero-order chi connectivity index (χ0) is 13.8. The molecular formula is C11H23N3O3S. The molecule has 0 aliphatic carbocycles. The monoisotopic (exact) mass is 277 g/mol. The second kappa shape index (κ2) is 6.49. The molecule has 1 aliphatic rings. The van der Waals surface area contributed by atoms with E-state index in [1.54, 1.807) is 4.90 Å². The Kier molecular flexibility index (Phi) is 5.55. The summed E-state index contributed by atoms with van der Waals surface area (Å²) in [6.45, 7) is 2.24. The summed E-state index contributed by atoms with van der Waals surface area (Å²) < 4.78 is 22.0. The standard InChI is InChI=1S/C11H23N3O3S/c1-13(2)5-3-4-6-14-8-10(7-11(14)15)9-18(12,16)17/h10H,3-9H2,1-2H3,(H2,12,16,17). The fourth-order valence-corrected chi connectivity index (χ4v) is 3.12. The Morgan fingerprint density at radius 1 is 1.39 bits per heavy atom. The van der Waals surface area contributed by atoms with E-state index in [-0.39, 0.29) is 17.6 Å². The predicted molar refractivity (Wildman–Crippen MR) is 70.4 cm³/mol. The first-order valence-corrected chi connectivity index (χ1v) is 7.92. The first-order chi connectivity index (χ1) is 8.28. The van der Waals surface area contributed by atoms with Gasteiger partial charge in [0, 0.05) is 25.4 Å². The molecule has 1 aliphatic heterocycles. The molecule has 0 aromatic carbocycles. The molecule has 6 nitrogen and oxygen atoms in total. The molecule has 0 saturated carbocycles. The molecule has 1 fully saturated rings. The molecule has 0 radical (unpaired) electrons. The van der Waals surface area contributed by atoms with Crippen LogP contribution in [0.5, 0.6) is 0 Å². The summed E-state index contributed by atoms with van der Waals surface area (Å²) >= 11 is 0.